The average Bonchev–Trinajstić information content (AvgIpc) is 3.00. The highest BCUT2D eigenvalue weighted by Gasteiger charge is 2.15. The molecule has 1 aliphatic heterocycles. The Bertz CT molecular complexity index is 862. The van der Waals surface area contributed by atoms with Gasteiger partial charge in [0.25, 0.3) is 0 Å². The highest BCUT2D eigenvalue weighted by molar-refractivity contribution is 5.82. The smallest absolute Gasteiger partial charge is 0.330 e. The summed E-state index contributed by atoms with van der Waals surface area (Å²) in [4.78, 5) is 40.8. The predicted molar refractivity (Wildman–Crippen MR) is 186 cm³/mol. The Kier molecular flexibility index (Phi) is 32.3. The van der Waals surface area contributed by atoms with Crippen LogP contribution in [0.25, 0.3) is 0 Å². The van der Waals surface area contributed by atoms with E-state index in [1.165, 1.54) is 6.08 Å². The van der Waals surface area contributed by atoms with Crippen LogP contribution in [-0.2, 0) is 38.1 Å². The van der Waals surface area contributed by atoms with Gasteiger partial charge in [-0.2, -0.15) is 0 Å². The van der Waals surface area contributed by atoms with E-state index in [0.717, 1.165) is 94.6 Å². The molecular formula is C38H62O8. The second-order valence-electron chi connectivity index (χ2n) is 11.2. The van der Waals surface area contributed by atoms with Crippen LogP contribution >= 0.6 is 0 Å². The van der Waals surface area contributed by atoms with E-state index < -0.39 is 0 Å². The van der Waals surface area contributed by atoms with Gasteiger partial charge in [0.2, 0.25) is 0 Å². The number of allylic oxidation sites excluding steroid dienone is 5. The molecule has 0 saturated heterocycles. The van der Waals surface area contributed by atoms with Crippen molar-refractivity contribution >= 4 is 24.8 Å². The summed E-state index contributed by atoms with van der Waals surface area (Å²) < 4.78 is 22.3. The molecule has 262 valence electrons. The first kappa shape index (κ1) is 44.9. The summed E-state index contributed by atoms with van der Waals surface area (Å²) in [5, 5.41) is 0. The van der Waals surface area contributed by atoms with Crippen LogP contribution in [0.3, 0.4) is 0 Å². The van der Waals surface area contributed by atoms with E-state index >= 15 is 0 Å². The van der Waals surface area contributed by atoms with Gasteiger partial charge in [0.15, 0.2) is 0 Å². The summed E-state index contributed by atoms with van der Waals surface area (Å²) in [6.07, 6.45) is 25.9. The van der Waals surface area contributed by atoms with Crippen LogP contribution in [0, 0.1) is 0 Å². The van der Waals surface area contributed by atoms with Crippen molar-refractivity contribution in [1.82, 2.24) is 0 Å². The first-order valence-corrected chi connectivity index (χ1v) is 17.0. The minimum absolute atomic E-state index is 0.0966. The van der Waals surface area contributed by atoms with Crippen molar-refractivity contribution < 1.29 is 38.1 Å². The van der Waals surface area contributed by atoms with Gasteiger partial charge in [0.05, 0.1) is 18.3 Å². The maximum Gasteiger partial charge on any atom is 0.330 e. The number of carbonyl (C=O) groups excluding carboxylic acids is 4. The number of hydrogen-bond acceptors (Lipinski definition) is 8. The van der Waals surface area contributed by atoms with Crippen LogP contribution in [0.15, 0.2) is 61.1 Å². The molecule has 8 nitrogen and oxygen atoms in total. The lowest BCUT2D eigenvalue weighted by atomic mass is 10.1. The predicted octanol–water partition coefficient (Wildman–Crippen LogP) is 8.89. The monoisotopic (exact) mass is 646 g/mol. The van der Waals surface area contributed by atoms with E-state index in [-0.39, 0.29) is 30.4 Å². The molecule has 0 radical (unpaired) electrons. The number of aldehydes is 3. The normalized spacial score (nSPS) is 20.2. The van der Waals surface area contributed by atoms with E-state index in [1.807, 2.05) is 32.9 Å². The fraction of sp³-hybridized carbons (Fsp3) is 0.632. The summed E-state index contributed by atoms with van der Waals surface area (Å²) in [5.74, 6) is 1.21. The molecule has 0 aromatic carbocycles. The van der Waals surface area contributed by atoms with Crippen LogP contribution in [0.2, 0.25) is 0 Å². The van der Waals surface area contributed by atoms with Crippen LogP contribution in [0.5, 0.6) is 0 Å². The van der Waals surface area contributed by atoms with Crippen LogP contribution < -0.4 is 0 Å². The van der Waals surface area contributed by atoms with Gasteiger partial charge in [-0.15, -0.1) is 0 Å². The van der Waals surface area contributed by atoms with E-state index in [4.69, 9.17) is 18.9 Å². The minimum Gasteiger partial charge on any atom is -0.491 e. The number of ether oxygens (including phenoxy) is 4. The zero-order chi connectivity index (χ0) is 34.8. The van der Waals surface area contributed by atoms with E-state index in [2.05, 4.69) is 39.2 Å². The van der Waals surface area contributed by atoms with Gasteiger partial charge < -0.3 is 33.3 Å². The highest BCUT2D eigenvalue weighted by Crippen LogP contribution is 2.15. The lowest BCUT2D eigenvalue weighted by molar-refractivity contribution is -0.144. The molecule has 0 amide bonds. The van der Waals surface area contributed by atoms with Crippen molar-refractivity contribution in [3.05, 3.63) is 61.1 Å². The van der Waals surface area contributed by atoms with Gasteiger partial charge in [-0.05, 0) is 104 Å². The molecule has 0 N–H and O–H groups in total. The van der Waals surface area contributed by atoms with Crippen molar-refractivity contribution in [3.63, 3.8) is 0 Å². The Morgan fingerprint density at radius 1 is 0.870 bits per heavy atom. The lowest BCUT2D eigenvalue weighted by Gasteiger charge is -2.19. The molecule has 4 unspecified atom stereocenters. The zero-order valence-electron chi connectivity index (χ0n) is 29.3. The molecule has 0 fully saturated rings. The number of rotatable bonds is 15. The quantitative estimate of drug-likeness (QED) is 0.0752. The second-order valence-corrected chi connectivity index (χ2v) is 11.2. The highest BCUT2D eigenvalue weighted by atomic mass is 16.5. The Balaban J connectivity index is 0. The Morgan fingerprint density at radius 2 is 1.37 bits per heavy atom. The third-order valence-corrected chi connectivity index (χ3v) is 6.65. The maximum atomic E-state index is 11.6. The Morgan fingerprint density at radius 3 is 1.83 bits per heavy atom. The summed E-state index contributed by atoms with van der Waals surface area (Å²) in [5.41, 5.74) is 0. The van der Waals surface area contributed by atoms with Gasteiger partial charge in [-0.1, -0.05) is 38.3 Å². The van der Waals surface area contributed by atoms with Gasteiger partial charge in [-0.25, -0.2) is 4.79 Å². The molecule has 0 aromatic heterocycles. The van der Waals surface area contributed by atoms with Crippen molar-refractivity contribution in [2.45, 2.75) is 149 Å². The standard InChI is InChI=1S/C18H28O2.C15H26O4.C5H8O2/c1-15-11-8-6-5-7-9-12-16(2)20-18(4)14-10-13-17(3)19-15;1-4-14(12-13(3)18-5-2)19-15(17)10-8-6-7-9-11-16;6-4-2-1-3-5-7/h8-9,11-12,17-18H,1-2,5-7,10,13-14H2,3-4H3;8,10-11,13-14H,4-7,9,12H2,1-3H3;4-5H,1-3H2/b11-8+,12-9+;10-8+;. The number of unbranched alkanes of at least 4 members (excludes halogenated alkanes) is 4. The fourth-order valence-corrected chi connectivity index (χ4v) is 4.20. The van der Waals surface area contributed by atoms with E-state index in [1.54, 1.807) is 6.08 Å². The van der Waals surface area contributed by atoms with Crippen LogP contribution in [0.1, 0.15) is 125 Å². The molecule has 0 bridgehead atoms. The molecule has 8 heteroatoms. The Labute approximate surface area is 279 Å². The molecular weight excluding hydrogens is 584 g/mol. The maximum absolute atomic E-state index is 11.6. The minimum atomic E-state index is -0.318. The van der Waals surface area contributed by atoms with Crippen molar-refractivity contribution in [3.8, 4) is 0 Å². The first-order valence-electron chi connectivity index (χ1n) is 17.0. The summed E-state index contributed by atoms with van der Waals surface area (Å²) in [7, 11) is 0. The molecule has 0 spiro atoms. The molecule has 1 aliphatic rings. The number of hydrogen-bond donors (Lipinski definition) is 0. The third-order valence-electron chi connectivity index (χ3n) is 6.65. The molecule has 46 heavy (non-hydrogen) atoms. The van der Waals surface area contributed by atoms with Crippen molar-refractivity contribution in [1.29, 1.82) is 0 Å². The molecule has 0 aliphatic carbocycles. The molecule has 1 rings (SSSR count). The fourth-order valence-electron chi connectivity index (χ4n) is 4.20. The molecule has 0 aromatic rings. The summed E-state index contributed by atoms with van der Waals surface area (Å²) >= 11 is 0. The molecule has 0 saturated carbocycles. The van der Waals surface area contributed by atoms with Gasteiger partial charge in [0, 0.05) is 38.4 Å². The number of esters is 1. The topological polar surface area (TPSA) is 105 Å². The van der Waals surface area contributed by atoms with Gasteiger partial charge in [0.1, 0.15) is 36.5 Å². The summed E-state index contributed by atoms with van der Waals surface area (Å²) in [6, 6.07) is 0. The Hall–Kier alpha value is -3.26. The van der Waals surface area contributed by atoms with Crippen LogP contribution in [0.4, 0.5) is 0 Å². The van der Waals surface area contributed by atoms with Gasteiger partial charge >= 0.3 is 5.97 Å². The summed E-state index contributed by atoms with van der Waals surface area (Å²) in [6.45, 7) is 18.6. The van der Waals surface area contributed by atoms with E-state index in [0.29, 0.717) is 32.3 Å². The van der Waals surface area contributed by atoms with Gasteiger partial charge in [-0.3, -0.25) is 0 Å². The van der Waals surface area contributed by atoms with Crippen molar-refractivity contribution in [2.75, 3.05) is 6.61 Å². The van der Waals surface area contributed by atoms with Crippen LogP contribution in [-0.4, -0.2) is 55.9 Å². The molecule has 4 atom stereocenters. The SMILES string of the molecule is C=C1/C=C/CCC/C=C/C(=C)OC(C)CCCC(C)O1.CCOC(C)CC(CC)OC(=O)/C=C/CCCC=O.O=CCCCC=O. The second kappa shape index (κ2) is 33.1. The van der Waals surface area contributed by atoms with Crippen molar-refractivity contribution in [2.24, 2.45) is 0 Å². The van der Waals surface area contributed by atoms with E-state index in [9.17, 15) is 19.2 Å². The third kappa shape index (κ3) is 32.1. The largest absolute Gasteiger partial charge is 0.491 e. The molecule has 1 heterocycles. The lowest BCUT2D eigenvalue weighted by Crippen LogP contribution is -2.22. The average molecular weight is 647 g/mol. The first-order chi connectivity index (χ1) is 22.1. The number of carbonyl (C=O) groups is 4. The zero-order valence-corrected chi connectivity index (χ0v) is 29.3.